The van der Waals surface area contributed by atoms with Crippen LogP contribution >= 0.6 is 0 Å². The van der Waals surface area contributed by atoms with E-state index in [-0.39, 0.29) is 51.2 Å². The molecule has 3 rings (SSSR count). The standard InChI is InChI=1S/C28H28O11/c1-15(29)24-18(38-27(30)16-11-20(32-2)25(36-6)21(12-16)33-3)9-8-10-19(24)39-28(31)17-13-22(34-4)26(37-7)23(14-17)35-5/h8-14H,1-7H3. The van der Waals surface area contributed by atoms with Gasteiger partial charge in [0.15, 0.2) is 28.8 Å². The van der Waals surface area contributed by atoms with E-state index in [1.165, 1.54) is 92.0 Å². The van der Waals surface area contributed by atoms with E-state index in [2.05, 4.69) is 0 Å². The van der Waals surface area contributed by atoms with Crippen molar-refractivity contribution in [3.05, 3.63) is 59.2 Å². The molecule has 11 heteroatoms. The first-order chi connectivity index (χ1) is 18.7. The Hall–Kier alpha value is -4.93. The number of carbonyl (C=O) groups excluding carboxylic acids is 3. The first kappa shape index (κ1) is 28.6. The predicted molar refractivity (Wildman–Crippen MR) is 139 cm³/mol. The molecule has 39 heavy (non-hydrogen) atoms. The summed E-state index contributed by atoms with van der Waals surface area (Å²) in [6.45, 7) is 1.25. The molecule has 0 aliphatic rings. The molecule has 0 aliphatic carbocycles. The number of ether oxygens (including phenoxy) is 8. The average Bonchev–Trinajstić information content (AvgIpc) is 2.95. The second kappa shape index (κ2) is 12.5. The summed E-state index contributed by atoms with van der Waals surface area (Å²) in [7, 11) is 8.50. The molecule has 0 unspecified atom stereocenters. The van der Waals surface area contributed by atoms with E-state index < -0.39 is 17.7 Å². The average molecular weight is 541 g/mol. The Morgan fingerprint density at radius 2 is 0.846 bits per heavy atom. The highest BCUT2D eigenvalue weighted by atomic mass is 16.6. The van der Waals surface area contributed by atoms with Crippen LogP contribution < -0.4 is 37.9 Å². The molecule has 0 heterocycles. The van der Waals surface area contributed by atoms with Crippen molar-refractivity contribution in [1.82, 2.24) is 0 Å². The van der Waals surface area contributed by atoms with Crippen molar-refractivity contribution < 1.29 is 52.3 Å². The van der Waals surface area contributed by atoms with E-state index in [1.807, 2.05) is 0 Å². The van der Waals surface area contributed by atoms with Crippen LogP contribution in [-0.2, 0) is 0 Å². The van der Waals surface area contributed by atoms with E-state index in [0.29, 0.717) is 11.5 Å². The lowest BCUT2D eigenvalue weighted by molar-refractivity contribution is 0.0727. The Labute approximate surface area is 225 Å². The summed E-state index contributed by atoms with van der Waals surface area (Å²) in [5.41, 5.74) is 0.0247. The molecule has 0 radical (unpaired) electrons. The second-order valence-corrected chi connectivity index (χ2v) is 7.79. The van der Waals surface area contributed by atoms with Crippen LogP contribution in [0.4, 0.5) is 0 Å². The maximum atomic E-state index is 13.0. The Morgan fingerprint density at radius 1 is 0.513 bits per heavy atom. The zero-order valence-corrected chi connectivity index (χ0v) is 22.5. The van der Waals surface area contributed by atoms with Crippen LogP contribution in [0.25, 0.3) is 0 Å². The topological polar surface area (TPSA) is 125 Å². The van der Waals surface area contributed by atoms with Gasteiger partial charge in [0.25, 0.3) is 0 Å². The quantitative estimate of drug-likeness (QED) is 0.195. The van der Waals surface area contributed by atoms with Gasteiger partial charge in [0.2, 0.25) is 11.5 Å². The van der Waals surface area contributed by atoms with Crippen LogP contribution in [0, 0.1) is 0 Å². The molecule has 0 N–H and O–H groups in total. The molecule has 11 nitrogen and oxygen atoms in total. The molecule has 206 valence electrons. The van der Waals surface area contributed by atoms with Crippen molar-refractivity contribution in [3.8, 4) is 46.0 Å². The molecule has 3 aromatic rings. The highest BCUT2D eigenvalue weighted by molar-refractivity contribution is 6.03. The minimum Gasteiger partial charge on any atom is -0.493 e. The van der Waals surface area contributed by atoms with E-state index in [4.69, 9.17) is 37.9 Å². The number of methoxy groups -OCH3 is 6. The number of hydrogen-bond acceptors (Lipinski definition) is 11. The van der Waals surface area contributed by atoms with Gasteiger partial charge in [-0.25, -0.2) is 9.59 Å². The van der Waals surface area contributed by atoms with E-state index in [9.17, 15) is 14.4 Å². The van der Waals surface area contributed by atoms with Crippen LogP contribution in [-0.4, -0.2) is 60.4 Å². The van der Waals surface area contributed by atoms with Crippen molar-refractivity contribution in [2.24, 2.45) is 0 Å². The maximum absolute atomic E-state index is 13.0. The first-order valence-electron chi connectivity index (χ1n) is 11.4. The zero-order valence-electron chi connectivity index (χ0n) is 22.5. The Bertz CT molecular complexity index is 1250. The van der Waals surface area contributed by atoms with Crippen LogP contribution in [0.3, 0.4) is 0 Å². The van der Waals surface area contributed by atoms with Gasteiger partial charge < -0.3 is 37.9 Å². The van der Waals surface area contributed by atoms with E-state index >= 15 is 0 Å². The highest BCUT2D eigenvalue weighted by Crippen LogP contribution is 2.40. The third-order valence-corrected chi connectivity index (χ3v) is 5.55. The number of hydrogen-bond donors (Lipinski definition) is 0. The maximum Gasteiger partial charge on any atom is 0.343 e. The van der Waals surface area contributed by atoms with Gasteiger partial charge >= 0.3 is 11.9 Å². The molecule has 0 atom stereocenters. The van der Waals surface area contributed by atoms with Gasteiger partial charge in [0.1, 0.15) is 17.1 Å². The summed E-state index contributed by atoms with van der Waals surface area (Å²) in [6.07, 6.45) is 0. The van der Waals surface area contributed by atoms with Gasteiger partial charge in [0, 0.05) is 0 Å². The van der Waals surface area contributed by atoms with Crippen molar-refractivity contribution in [1.29, 1.82) is 0 Å². The Morgan fingerprint density at radius 3 is 1.10 bits per heavy atom. The van der Waals surface area contributed by atoms with Crippen LogP contribution in [0.2, 0.25) is 0 Å². The van der Waals surface area contributed by atoms with Crippen LogP contribution in [0.15, 0.2) is 42.5 Å². The molecule has 0 aromatic heterocycles. The summed E-state index contributed by atoms with van der Waals surface area (Å²) >= 11 is 0. The Balaban J connectivity index is 1.97. The van der Waals surface area contributed by atoms with Crippen molar-refractivity contribution >= 4 is 17.7 Å². The number of carbonyl (C=O) groups is 3. The molecule has 0 fully saturated rings. The molecule has 0 spiro atoms. The number of Topliss-reactive ketones (excluding diaryl/α,β-unsaturated/α-hetero) is 1. The molecule has 0 saturated carbocycles. The van der Waals surface area contributed by atoms with Gasteiger partial charge in [-0.1, -0.05) is 6.07 Å². The lowest BCUT2D eigenvalue weighted by Crippen LogP contribution is -2.15. The van der Waals surface area contributed by atoms with Gasteiger partial charge in [-0.05, 0) is 43.3 Å². The minimum atomic E-state index is -0.815. The smallest absolute Gasteiger partial charge is 0.343 e. The van der Waals surface area contributed by atoms with Crippen molar-refractivity contribution in [2.75, 3.05) is 42.7 Å². The molecule has 0 amide bonds. The van der Waals surface area contributed by atoms with E-state index in [1.54, 1.807) is 0 Å². The predicted octanol–water partition coefficient (Wildman–Crippen LogP) is 4.38. The van der Waals surface area contributed by atoms with Gasteiger partial charge in [-0.15, -0.1) is 0 Å². The largest absolute Gasteiger partial charge is 0.493 e. The minimum absolute atomic E-state index is 0.0684. The lowest BCUT2D eigenvalue weighted by Gasteiger charge is -2.16. The first-order valence-corrected chi connectivity index (χ1v) is 11.4. The van der Waals surface area contributed by atoms with Gasteiger partial charge in [-0.3, -0.25) is 4.79 Å². The third-order valence-electron chi connectivity index (χ3n) is 5.55. The number of benzene rings is 3. The molecular formula is C28H28O11. The van der Waals surface area contributed by atoms with Crippen molar-refractivity contribution in [3.63, 3.8) is 0 Å². The lowest BCUT2D eigenvalue weighted by atomic mass is 10.1. The second-order valence-electron chi connectivity index (χ2n) is 7.79. The zero-order chi connectivity index (χ0) is 28.7. The fraction of sp³-hybridized carbons (Fsp3) is 0.250. The summed E-state index contributed by atoms with van der Waals surface area (Å²) in [6, 6.07) is 9.92. The molecular weight excluding hydrogens is 512 g/mol. The fourth-order valence-corrected chi connectivity index (χ4v) is 3.74. The third kappa shape index (κ3) is 5.98. The van der Waals surface area contributed by atoms with Gasteiger partial charge in [-0.2, -0.15) is 0 Å². The van der Waals surface area contributed by atoms with Crippen LogP contribution in [0.1, 0.15) is 38.0 Å². The molecule has 0 saturated heterocycles. The van der Waals surface area contributed by atoms with Crippen molar-refractivity contribution in [2.45, 2.75) is 6.92 Å². The number of ketones is 1. The molecule has 3 aromatic carbocycles. The summed E-state index contributed by atoms with van der Waals surface area (Å²) in [4.78, 5) is 38.7. The number of rotatable bonds is 11. The fourth-order valence-electron chi connectivity index (χ4n) is 3.74. The van der Waals surface area contributed by atoms with E-state index in [0.717, 1.165) is 0 Å². The van der Waals surface area contributed by atoms with Crippen LogP contribution in [0.5, 0.6) is 46.0 Å². The van der Waals surface area contributed by atoms with Gasteiger partial charge in [0.05, 0.1) is 53.8 Å². The Kier molecular flexibility index (Phi) is 9.21. The number of esters is 2. The highest BCUT2D eigenvalue weighted by Gasteiger charge is 2.24. The SMILES string of the molecule is COc1cc(C(=O)Oc2cccc(OC(=O)c3cc(OC)c(OC)c(OC)c3)c2C(C)=O)cc(OC)c1OC. The summed E-state index contributed by atoms with van der Waals surface area (Å²) < 4.78 is 42.8. The monoisotopic (exact) mass is 540 g/mol. The summed E-state index contributed by atoms with van der Waals surface area (Å²) in [5.74, 6) is -0.818. The molecule has 0 bridgehead atoms. The molecule has 0 aliphatic heterocycles. The normalized spacial score (nSPS) is 10.2. The summed E-state index contributed by atoms with van der Waals surface area (Å²) in [5, 5.41) is 0.